The number of nitrogens with one attached hydrogen (secondary N) is 4. The monoisotopic (exact) mass is 1190 g/mol. The van der Waals surface area contributed by atoms with Crippen molar-refractivity contribution in [1.29, 1.82) is 0 Å². The maximum Gasteiger partial charge on any atom is 0.208 e. The number of H-pyrrole nitrogens is 1. The Hall–Kier alpha value is -10.3. The van der Waals surface area contributed by atoms with Crippen molar-refractivity contribution in [3.63, 3.8) is 0 Å². The van der Waals surface area contributed by atoms with Gasteiger partial charge in [0.05, 0.1) is 66.2 Å². The van der Waals surface area contributed by atoms with Crippen LogP contribution < -0.4 is 30.2 Å². The molecule has 4 aliphatic heterocycles. The van der Waals surface area contributed by atoms with Gasteiger partial charge in [0.25, 0.3) is 0 Å². The van der Waals surface area contributed by atoms with E-state index in [4.69, 9.17) is 24.2 Å². The van der Waals surface area contributed by atoms with Crippen molar-refractivity contribution in [2.45, 2.75) is 99.3 Å². The average Bonchev–Trinajstić information content (AvgIpc) is 2.41. The molecular weight excluding hydrogens is 1130 g/mol. The molecule has 0 bridgehead atoms. The second-order valence-electron chi connectivity index (χ2n) is 22.5. The molecule has 0 spiro atoms. The maximum absolute atomic E-state index is 14.6. The lowest BCUT2D eigenvalue weighted by Gasteiger charge is -2.21. The summed E-state index contributed by atoms with van der Waals surface area (Å²) in [4.78, 5) is 27.9. The number of halogens is 3. The van der Waals surface area contributed by atoms with E-state index in [0.717, 1.165) is 158 Å². The second-order valence-corrected chi connectivity index (χ2v) is 22.5. The number of ether oxygens (including phenoxy) is 3. The fourth-order valence-corrected chi connectivity index (χ4v) is 12.4. The lowest BCUT2D eigenvalue weighted by atomic mass is 9.99. The average molecular weight is 1190 g/mol. The van der Waals surface area contributed by atoms with Crippen LogP contribution in [0.15, 0.2) is 92.0 Å². The fourth-order valence-electron chi connectivity index (χ4n) is 12.4. The van der Waals surface area contributed by atoms with E-state index in [1.165, 1.54) is 23.9 Å². The number of hydrogen-bond acceptors (Lipinski definition) is 15. The van der Waals surface area contributed by atoms with Crippen LogP contribution in [0.5, 0.6) is 17.2 Å². The molecule has 4 N–H and O–H groups in total. The van der Waals surface area contributed by atoms with E-state index in [-0.39, 0.29) is 17.5 Å². The van der Waals surface area contributed by atoms with E-state index >= 15 is 0 Å². The van der Waals surface area contributed by atoms with Gasteiger partial charge in [0, 0.05) is 150 Å². The fraction of sp³-hybridized carbons (Fsp3) is 0.297. The van der Waals surface area contributed by atoms with Crippen LogP contribution in [0.3, 0.4) is 0 Å². The van der Waals surface area contributed by atoms with Crippen LogP contribution >= 0.6 is 0 Å². The van der Waals surface area contributed by atoms with Gasteiger partial charge in [-0.25, -0.2) is 43.1 Å². The molecule has 24 heteroatoms. The molecule has 0 saturated carbocycles. The minimum Gasteiger partial charge on any atom is -0.493 e. The van der Waals surface area contributed by atoms with Gasteiger partial charge < -0.3 is 30.2 Å². The minimum atomic E-state index is -0.236. The molecule has 0 amide bonds. The van der Waals surface area contributed by atoms with Crippen molar-refractivity contribution in [3.8, 4) is 50.8 Å². The largest absolute Gasteiger partial charge is 0.493 e. The van der Waals surface area contributed by atoms with Crippen molar-refractivity contribution in [1.82, 2.24) is 72.9 Å². The minimum absolute atomic E-state index is 0.225. The number of benzene rings is 3. The van der Waals surface area contributed by atoms with E-state index in [1.54, 1.807) is 36.8 Å². The first-order chi connectivity index (χ1) is 42.8. The molecule has 12 aromatic rings. The van der Waals surface area contributed by atoms with Crippen molar-refractivity contribution < 1.29 is 27.4 Å². The summed E-state index contributed by atoms with van der Waals surface area (Å²) < 4.78 is 70.0. The zero-order valence-corrected chi connectivity index (χ0v) is 49.5. The van der Waals surface area contributed by atoms with E-state index in [0.29, 0.717) is 74.0 Å². The molecule has 3 aromatic carbocycles. The summed E-state index contributed by atoms with van der Waals surface area (Å²) in [5, 5.41) is 25.9. The molecule has 0 saturated heterocycles. The van der Waals surface area contributed by atoms with Crippen LogP contribution in [-0.4, -0.2) is 92.7 Å². The number of fused-ring (bicyclic) bond motifs is 7. The van der Waals surface area contributed by atoms with Gasteiger partial charge in [-0.1, -0.05) is 0 Å². The zero-order chi connectivity index (χ0) is 60.3. The molecule has 13 heterocycles. The standard InChI is InChI=1S/C22H21FN6O.C22H23FN6O.C20H19FN6O/c1-13-12-28-21(27-13)17(16-11-26-29-7-2-3-19(16)29)10-25-22(28)24-9-15-14-6-8-30-20(14)5-4-18(15)23;1-13-9-19(28(3)27-13)17-11-25-22(29-12-14(2)26-21(17)29)24-10-16-15-5-4-8-30-20(15)7-6-18(16)23;1-11-10-27-19(25-11)16(14-9-24-26-12(14)2)8-23-20(27)22-7-15-13-5-6-28-18(13)4-3-17(15)21/h4-5,10-12H,2-3,6-9H2,1H3,(H,24,25);6-7,9,11-12H,4-5,8,10H2,1-3H3,(H,24,25);3-4,8-10H,5-7H2,1-2H3,(H,22,23)(H,24,26). The van der Waals surface area contributed by atoms with Crippen molar-refractivity contribution in [3.05, 3.63) is 177 Å². The number of hydrogen-bond donors (Lipinski definition) is 4. The SMILES string of the molecule is Cc1cn2c(NCc3c(F)ccc4c3CCCO4)ncc(-c3cc(C)nn3C)c2n1.Cc1cn2c(NCc3c(F)ccc4c3CCO4)ncc(-c3cn[nH]c3C)c2n1.Cc1cn2c(NCc3c(F)ccc4c3CCO4)ncc(-c3cnn4c3CCC4)c2n1. The van der Waals surface area contributed by atoms with E-state index in [1.807, 2.05) is 96.6 Å². The second kappa shape index (κ2) is 22.9. The summed E-state index contributed by atoms with van der Waals surface area (Å²) in [5.41, 5.74) is 18.6. The van der Waals surface area contributed by atoms with Crippen LogP contribution in [0.25, 0.3) is 50.5 Å². The first-order valence-corrected chi connectivity index (χ1v) is 29.4. The van der Waals surface area contributed by atoms with Gasteiger partial charge >= 0.3 is 0 Å². The molecule has 0 radical (unpaired) electrons. The Morgan fingerprint density at radius 3 is 1.48 bits per heavy atom. The summed E-state index contributed by atoms with van der Waals surface area (Å²) >= 11 is 0. The predicted octanol–water partition coefficient (Wildman–Crippen LogP) is 10.8. The third kappa shape index (κ3) is 10.3. The number of aromatic amines is 1. The summed E-state index contributed by atoms with van der Waals surface area (Å²) in [6.45, 7) is 13.6. The van der Waals surface area contributed by atoms with Crippen molar-refractivity contribution in [2.24, 2.45) is 7.05 Å². The van der Waals surface area contributed by atoms with Crippen LogP contribution in [0.1, 0.15) is 80.4 Å². The number of anilines is 3. The summed E-state index contributed by atoms with van der Waals surface area (Å²) in [6, 6.07) is 11.5. The molecule has 448 valence electrons. The topological polar surface area (TPSA) is 219 Å². The smallest absolute Gasteiger partial charge is 0.208 e. The van der Waals surface area contributed by atoms with Crippen molar-refractivity contribution in [2.75, 3.05) is 35.8 Å². The quantitative estimate of drug-likeness (QED) is 0.0894. The first kappa shape index (κ1) is 55.6. The Morgan fingerprint density at radius 1 is 0.511 bits per heavy atom. The van der Waals surface area contributed by atoms with Crippen LogP contribution in [0, 0.1) is 52.1 Å². The highest BCUT2D eigenvalue weighted by Gasteiger charge is 2.26. The number of aromatic nitrogens is 15. The number of aryl methyl sites for hydroxylation is 7. The van der Waals surface area contributed by atoms with Crippen LogP contribution in [0.2, 0.25) is 0 Å². The Balaban J connectivity index is 0.000000116. The highest BCUT2D eigenvalue weighted by Crippen LogP contribution is 2.36. The highest BCUT2D eigenvalue weighted by molar-refractivity contribution is 5.81. The van der Waals surface area contributed by atoms with Crippen LogP contribution in [0.4, 0.5) is 31.0 Å². The Labute approximate surface area is 503 Å². The van der Waals surface area contributed by atoms with Crippen LogP contribution in [-0.2, 0) is 58.9 Å². The number of imidazole rings is 3. The van der Waals surface area contributed by atoms with Gasteiger partial charge in [-0.2, -0.15) is 15.3 Å². The molecule has 0 aliphatic carbocycles. The van der Waals surface area contributed by atoms with Gasteiger partial charge in [-0.15, -0.1) is 0 Å². The van der Waals surface area contributed by atoms with Gasteiger partial charge in [0.15, 0.2) is 5.65 Å². The normalized spacial score (nSPS) is 13.7. The number of nitrogens with zero attached hydrogens (tertiary/aromatic N) is 14. The van der Waals surface area contributed by atoms with E-state index in [2.05, 4.69) is 61.0 Å². The molecular formula is C64H63F3N18O3. The Morgan fingerprint density at radius 2 is 0.989 bits per heavy atom. The van der Waals surface area contributed by atoms with Gasteiger partial charge in [-0.05, 0) is 103 Å². The molecule has 0 atom stereocenters. The highest BCUT2D eigenvalue weighted by atomic mass is 19.1. The summed E-state index contributed by atoms with van der Waals surface area (Å²) in [7, 11) is 1.91. The Bertz CT molecular complexity index is 4670. The molecule has 4 aliphatic rings. The van der Waals surface area contributed by atoms with E-state index in [9.17, 15) is 13.2 Å². The molecule has 9 aromatic heterocycles. The maximum atomic E-state index is 14.6. The first-order valence-electron chi connectivity index (χ1n) is 29.4. The molecule has 0 fully saturated rings. The third-order valence-corrected chi connectivity index (χ3v) is 16.6. The van der Waals surface area contributed by atoms with E-state index < -0.39 is 0 Å². The third-order valence-electron chi connectivity index (χ3n) is 16.6. The molecule has 16 rings (SSSR count). The molecule has 0 unspecified atom stereocenters. The predicted molar refractivity (Wildman–Crippen MR) is 325 cm³/mol. The Kier molecular flexibility index (Phi) is 14.5. The van der Waals surface area contributed by atoms with Gasteiger partial charge in [0.1, 0.15) is 46.0 Å². The molecule has 21 nitrogen and oxygen atoms in total. The number of rotatable bonds is 12. The zero-order valence-electron chi connectivity index (χ0n) is 49.5. The van der Waals surface area contributed by atoms with Gasteiger partial charge in [0.2, 0.25) is 17.8 Å². The summed E-state index contributed by atoms with van der Waals surface area (Å²) in [6.07, 6.45) is 20.2. The van der Waals surface area contributed by atoms with Gasteiger partial charge in [-0.3, -0.25) is 27.7 Å². The summed E-state index contributed by atoms with van der Waals surface area (Å²) in [5.74, 6) is 3.48. The molecule has 88 heavy (non-hydrogen) atoms. The van der Waals surface area contributed by atoms with Crippen molar-refractivity contribution >= 4 is 34.8 Å². The lowest BCUT2D eigenvalue weighted by Crippen LogP contribution is -2.15. The lowest BCUT2D eigenvalue weighted by molar-refractivity contribution is 0.286.